The Kier molecular flexibility index (Phi) is 11.0. The Hall–Kier alpha value is -1.85. The lowest BCUT2D eigenvalue weighted by atomic mass is 10.0. The maximum atomic E-state index is 13.1. The Morgan fingerprint density at radius 3 is 2.38 bits per heavy atom. The van der Waals surface area contributed by atoms with Gasteiger partial charge in [0.25, 0.3) is 0 Å². The van der Waals surface area contributed by atoms with Gasteiger partial charge in [0.2, 0.25) is 0 Å². The van der Waals surface area contributed by atoms with Gasteiger partial charge in [0.15, 0.2) is 0 Å². The Labute approximate surface area is 185 Å². The van der Waals surface area contributed by atoms with Gasteiger partial charge in [-0.05, 0) is 68.1 Å². The number of benzene rings is 3. The van der Waals surface area contributed by atoms with E-state index in [0.29, 0.717) is 6.61 Å². The van der Waals surface area contributed by atoms with Gasteiger partial charge in [0.1, 0.15) is 18.2 Å². The van der Waals surface area contributed by atoms with E-state index in [0.717, 1.165) is 37.4 Å². The molecule has 0 aliphatic rings. The Morgan fingerprint density at radius 2 is 1.66 bits per heavy atom. The van der Waals surface area contributed by atoms with Gasteiger partial charge in [-0.2, -0.15) is 0 Å². The molecule has 0 saturated carbocycles. The van der Waals surface area contributed by atoms with Crippen molar-refractivity contribution < 1.29 is 9.13 Å². The lowest BCUT2D eigenvalue weighted by Crippen LogP contribution is -2.21. The van der Waals surface area contributed by atoms with Crippen LogP contribution in [0.3, 0.4) is 0 Å². The van der Waals surface area contributed by atoms with Gasteiger partial charge in [0, 0.05) is 12.1 Å². The molecule has 0 saturated heterocycles. The van der Waals surface area contributed by atoms with E-state index in [2.05, 4.69) is 54.6 Å². The zero-order valence-electron chi connectivity index (χ0n) is 16.9. The van der Waals surface area contributed by atoms with Crippen LogP contribution in [0, 0.1) is 5.82 Å². The van der Waals surface area contributed by atoms with Crippen molar-refractivity contribution in [1.29, 1.82) is 0 Å². The number of hydrogen-bond donors (Lipinski definition) is 1. The highest BCUT2D eigenvalue weighted by atomic mass is 35.5. The zero-order chi connectivity index (χ0) is 19.1. The number of halogens is 3. The number of ether oxygens (including phenoxy) is 1. The molecule has 0 aliphatic carbocycles. The number of nitrogens with one attached hydrogen (secondary N) is 1. The molecule has 3 nitrogen and oxygen atoms in total. The van der Waals surface area contributed by atoms with Gasteiger partial charge in [-0.1, -0.05) is 42.5 Å². The van der Waals surface area contributed by atoms with Crippen LogP contribution in [-0.2, 0) is 13.2 Å². The topological polar surface area (TPSA) is 24.5 Å². The highest BCUT2D eigenvalue weighted by Gasteiger charge is 2.09. The smallest absolute Gasteiger partial charge is 0.124 e. The predicted molar refractivity (Wildman–Crippen MR) is 124 cm³/mol. The van der Waals surface area contributed by atoms with Crippen LogP contribution >= 0.6 is 24.8 Å². The molecular formula is C23H29Cl2FN2O. The zero-order valence-corrected chi connectivity index (χ0v) is 18.5. The molecule has 29 heavy (non-hydrogen) atoms. The number of hydrogen-bond acceptors (Lipinski definition) is 3. The molecule has 6 heteroatoms. The summed E-state index contributed by atoms with van der Waals surface area (Å²) in [6.45, 7) is 3.20. The number of rotatable bonds is 9. The number of nitrogens with zero attached hydrogens (tertiary/aromatic N) is 1. The molecule has 0 fully saturated rings. The minimum absolute atomic E-state index is 0. The van der Waals surface area contributed by atoms with Crippen LogP contribution in [0.4, 0.5) is 4.39 Å². The average molecular weight is 439 g/mol. The molecule has 0 spiro atoms. The number of fused-ring (bicyclic) bond motifs is 1. The van der Waals surface area contributed by atoms with Crippen LogP contribution in [0.15, 0.2) is 60.7 Å². The predicted octanol–water partition coefficient (Wildman–Crippen LogP) is 5.44. The van der Waals surface area contributed by atoms with Crippen molar-refractivity contribution in [3.8, 4) is 5.75 Å². The van der Waals surface area contributed by atoms with Crippen molar-refractivity contribution in [2.75, 3.05) is 27.2 Å². The van der Waals surface area contributed by atoms with Crippen LogP contribution in [0.2, 0.25) is 0 Å². The summed E-state index contributed by atoms with van der Waals surface area (Å²) < 4.78 is 19.2. The summed E-state index contributed by atoms with van der Waals surface area (Å²) >= 11 is 0. The second-order valence-electron chi connectivity index (χ2n) is 7.01. The normalized spacial score (nSPS) is 10.5. The Balaban J connectivity index is 0.00000210. The quantitative estimate of drug-likeness (QED) is 0.449. The van der Waals surface area contributed by atoms with Crippen LogP contribution in [0.5, 0.6) is 5.75 Å². The van der Waals surface area contributed by atoms with Crippen LogP contribution in [0.25, 0.3) is 10.8 Å². The van der Waals surface area contributed by atoms with Crippen LogP contribution < -0.4 is 10.1 Å². The van der Waals surface area contributed by atoms with Crippen molar-refractivity contribution in [2.24, 2.45) is 0 Å². The molecule has 0 bridgehead atoms. The molecule has 0 aliphatic heterocycles. The molecule has 158 valence electrons. The van der Waals surface area contributed by atoms with Gasteiger partial charge in [0.05, 0.1) is 0 Å². The summed E-state index contributed by atoms with van der Waals surface area (Å²) in [5.41, 5.74) is 2.12. The van der Waals surface area contributed by atoms with E-state index in [-0.39, 0.29) is 30.6 Å². The summed E-state index contributed by atoms with van der Waals surface area (Å²) in [5.74, 6) is 0.644. The first-order valence-electron chi connectivity index (χ1n) is 9.37. The maximum absolute atomic E-state index is 13.1. The maximum Gasteiger partial charge on any atom is 0.124 e. The fourth-order valence-corrected chi connectivity index (χ4v) is 3.11. The first kappa shape index (κ1) is 25.2. The van der Waals surface area contributed by atoms with E-state index in [1.54, 1.807) is 12.1 Å². The molecule has 0 unspecified atom stereocenters. The highest BCUT2D eigenvalue weighted by molar-refractivity contribution is 5.87. The molecule has 0 atom stereocenters. The van der Waals surface area contributed by atoms with Gasteiger partial charge in [-0.15, -0.1) is 24.8 Å². The summed E-state index contributed by atoms with van der Waals surface area (Å²) in [4.78, 5) is 2.19. The lowest BCUT2D eigenvalue weighted by Gasteiger charge is -2.16. The summed E-state index contributed by atoms with van der Waals surface area (Å²) in [6.07, 6.45) is 1.10. The SMILES string of the molecule is CN(C)CCCNCc1c(OCc2ccc(F)cc2)ccc2ccccc12.Cl.Cl. The van der Waals surface area contributed by atoms with E-state index in [1.165, 1.54) is 28.5 Å². The molecule has 3 aromatic rings. The second-order valence-corrected chi connectivity index (χ2v) is 7.01. The monoisotopic (exact) mass is 438 g/mol. The van der Waals surface area contributed by atoms with E-state index in [1.807, 2.05) is 6.07 Å². The van der Waals surface area contributed by atoms with Gasteiger partial charge >= 0.3 is 0 Å². The third-order valence-electron chi connectivity index (χ3n) is 4.57. The van der Waals surface area contributed by atoms with Crippen molar-refractivity contribution in [3.63, 3.8) is 0 Å². The fraction of sp³-hybridized carbons (Fsp3) is 0.304. The van der Waals surface area contributed by atoms with Crippen molar-refractivity contribution >= 4 is 35.6 Å². The minimum Gasteiger partial charge on any atom is -0.489 e. The lowest BCUT2D eigenvalue weighted by molar-refractivity contribution is 0.302. The minimum atomic E-state index is -0.230. The fourth-order valence-electron chi connectivity index (χ4n) is 3.11. The van der Waals surface area contributed by atoms with E-state index in [4.69, 9.17) is 4.74 Å². The van der Waals surface area contributed by atoms with Crippen molar-refractivity contribution in [1.82, 2.24) is 10.2 Å². The largest absolute Gasteiger partial charge is 0.489 e. The molecule has 1 N–H and O–H groups in total. The highest BCUT2D eigenvalue weighted by Crippen LogP contribution is 2.28. The standard InChI is InChI=1S/C23H27FN2O.2ClH/c1-26(2)15-5-14-25-16-22-21-7-4-3-6-19(21)10-13-23(22)27-17-18-8-11-20(24)12-9-18;;/h3-4,6-13,25H,5,14-17H2,1-2H3;2*1H. The molecule has 0 heterocycles. The molecular weight excluding hydrogens is 410 g/mol. The summed E-state index contributed by atoms with van der Waals surface area (Å²) in [6, 6.07) is 18.9. The van der Waals surface area contributed by atoms with Crippen molar-refractivity contribution in [2.45, 2.75) is 19.6 Å². The Bertz CT molecular complexity index is 872. The molecule has 0 radical (unpaired) electrons. The molecule has 0 aromatic heterocycles. The van der Waals surface area contributed by atoms with E-state index in [9.17, 15) is 4.39 Å². The average Bonchev–Trinajstić information content (AvgIpc) is 2.67. The van der Waals surface area contributed by atoms with Gasteiger partial charge in [-0.3, -0.25) is 0 Å². The molecule has 3 rings (SSSR count). The Morgan fingerprint density at radius 1 is 0.931 bits per heavy atom. The summed E-state index contributed by atoms with van der Waals surface area (Å²) in [7, 11) is 4.18. The third-order valence-corrected chi connectivity index (χ3v) is 4.57. The third kappa shape index (κ3) is 7.48. The molecule has 3 aromatic carbocycles. The second kappa shape index (κ2) is 12.7. The van der Waals surface area contributed by atoms with Gasteiger partial charge < -0.3 is 15.0 Å². The van der Waals surface area contributed by atoms with E-state index < -0.39 is 0 Å². The van der Waals surface area contributed by atoms with Crippen molar-refractivity contribution in [3.05, 3.63) is 77.6 Å². The first-order valence-corrected chi connectivity index (χ1v) is 9.37. The summed E-state index contributed by atoms with van der Waals surface area (Å²) in [5, 5.41) is 5.95. The van der Waals surface area contributed by atoms with Gasteiger partial charge in [-0.25, -0.2) is 4.39 Å². The van der Waals surface area contributed by atoms with Crippen LogP contribution in [-0.4, -0.2) is 32.1 Å². The first-order chi connectivity index (χ1) is 13.1. The van der Waals surface area contributed by atoms with Crippen LogP contribution in [0.1, 0.15) is 17.5 Å². The van der Waals surface area contributed by atoms with E-state index >= 15 is 0 Å². The molecule has 0 amide bonds.